The second-order valence-corrected chi connectivity index (χ2v) is 8.06. The van der Waals surface area contributed by atoms with Crippen molar-refractivity contribution >= 4 is 34.5 Å². The zero-order valence-corrected chi connectivity index (χ0v) is 17.2. The fraction of sp³-hybridized carbons (Fsp3) is 0.238. The van der Waals surface area contributed by atoms with Crippen LogP contribution in [-0.4, -0.2) is 26.6 Å². The van der Waals surface area contributed by atoms with E-state index in [0.717, 1.165) is 0 Å². The van der Waals surface area contributed by atoms with E-state index < -0.39 is 17.1 Å². The van der Waals surface area contributed by atoms with Gasteiger partial charge in [-0.1, -0.05) is 42.1 Å². The third-order valence-electron chi connectivity index (χ3n) is 4.28. The molecule has 0 radical (unpaired) electrons. The van der Waals surface area contributed by atoms with Gasteiger partial charge in [-0.05, 0) is 45.0 Å². The number of aromatic nitrogens is 2. The zero-order chi connectivity index (χ0) is 21.0. The SMILES string of the molecule is CC(C)n1c(S[C@H](C)C(=O)NNC(=O)c2ccccc2)nc2ccccc2c1=O. The van der Waals surface area contributed by atoms with Gasteiger partial charge in [0.2, 0.25) is 0 Å². The minimum atomic E-state index is -0.580. The second kappa shape index (κ2) is 8.91. The van der Waals surface area contributed by atoms with Crippen molar-refractivity contribution in [2.75, 3.05) is 0 Å². The van der Waals surface area contributed by atoms with Gasteiger partial charge in [0.25, 0.3) is 17.4 Å². The summed E-state index contributed by atoms with van der Waals surface area (Å²) < 4.78 is 1.58. The van der Waals surface area contributed by atoms with Crippen molar-refractivity contribution in [2.45, 2.75) is 37.2 Å². The number of nitrogens with one attached hydrogen (secondary N) is 2. The van der Waals surface area contributed by atoms with Gasteiger partial charge in [-0.25, -0.2) is 4.98 Å². The summed E-state index contributed by atoms with van der Waals surface area (Å²) in [5, 5.41) is 0.419. The molecule has 3 rings (SSSR count). The molecular weight excluding hydrogens is 388 g/mol. The minimum Gasteiger partial charge on any atom is -0.285 e. The number of fused-ring (bicyclic) bond motifs is 1. The lowest BCUT2D eigenvalue weighted by molar-refractivity contribution is -0.121. The summed E-state index contributed by atoms with van der Waals surface area (Å²) in [5.74, 6) is -0.795. The van der Waals surface area contributed by atoms with E-state index in [0.29, 0.717) is 21.6 Å². The van der Waals surface area contributed by atoms with Crippen LogP contribution in [0.2, 0.25) is 0 Å². The Morgan fingerprint density at radius 1 is 0.966 bits per heavy atom. The lowest BCUT2D eigenvalue weighted by Gasteiger charge is -2.18. The molecule has 0 aliphatic carbocycles. The van der Waals surface area contributed by atoms with Crippen LogP contribution in [0.15, 0.2) is 64.5 Å². The quantitative estimate of drug-likeness (QED) is 0.383. The van der Waals surface area contributed by atoms with Crippen molar-refractivity contribution in [3.63, 3.8) is 0 Å². The number of carbonyl (C=O) groups is 2. The highest BCUT2D eigenvalue weighted by atomic mass is 32.2. The number of hydrogen-bond donors (Lipinski definition) is 2. The Labute approximate surface area is 172 Å². The van der Waals surface area contributed by atoms with E-state index in [9.17, 15) is 14.4 Å². The smallest absolute Gasteiger partial charge is 0.269 e. The van der Waals surface area contributed by atoms with E-state index in [1.54, 1.807) is 60.0 Å². The van der Waals surface area contributed by atoms with Gasteiger partial charge in [-0.3, -0.25) is 29.8 Å². The van der Waals surface area contributed by atoms with Crippen LogP contribution in [0.5, 0.6) is 0 Å². The Kier molecular flexibility index (Phi) is 6.33. The van der Waals surface area contributed by atoms with Crippen LogP contribution < -0.4 is 16.4 Å². The highest BCUT2D eigenvalue weighted by Gasteiger charge is 2.21. The highest BCUT2D eigenvalue weighted by molar-refractivity contribution is 8.00. The summed E-state index contributed by atoms with van der Waals surface area (Å²) in [6.45, 7) is 5.49. The van der Waals surface area contributed by atoms with E-state index in [1.165, 1.54) is 11.8 Å². The van der Waals surface area contributed by atoms with Gasteiger partial charge in [0.15, 0.2) is 5.16 Å². The van der Waals surface area contributed by atoms with Crippen LogP contribution in [-0.2, 0) is 4.79 Å². The molecule has 1 atom stereocenters. The highest BCUT2D eigenvalue weighted by Crippen LogP contribution is 2.24. The molecule has 2 N–H and O–H groups in total. The first-order chi connectivity index (χ1) is 13.9. The Hall–Kier alpha value is -3.13. The van der Waals surface area contributed by atoms with Crippen molar-refractivity contribution < 1.29 is 9.59 Å². The molecule has 0 saturated carbocycles. The fourth-order valence-corrected chi connectivity index (χ4v) is 3.80. The first kappa shape index (κ1) is 20.6. The van der Waals surface area contributed by atoms with Gasteiger partial charge in [0, 0.05) is 11.6 Å². The third-order valence-corrected chi connectivity index (χ3v) is 5.34. The zero-order valence-electron chi connectivity index (χ0n) is 16.4. The number of benzene rings is 2. The van der Waals surface area contributed by atoms with Crippen molar-refractivity contribution in [2.24, 2.45) is 0 Å². The van der Waals surface area contributed by atoms with Crippen molar-refractivity contribution in [1.29, 1.82) is 0 Å². The number of hydrazine groups is 1. The molecule has 0 spiro atoms. The molecule has 2 amide bonds. The maximum Gasteiger partial charge on any atom is 0.269 e. The predicted molar refractivity (Wildman–Crippen MR) is 114 cm³/mol. The number of amides is 2. The van der Waals surface area contributed by atoms with E-state index >= 15 is 0 Å². The molecule has 8 heteroatoms. The summed E-state index contributed by atoms with van der Waals surface area (Å²) in [7, 11) is 0. The molecule has 7 nitrogen and oxygen atoms in total. The van der Waals surface area contributed by atoms with E-state index in [-0.39, 0.29) is 11.6 Å². The molecule has 2 aromatic carbocycles. The summed E-state index contributed by atoms with van der Waals surface area (Å²) in [6.07, 6.45) is 0. The standard InChI is InChI=1S/C21H22N4O3S/c1-13(2)25-20(28)16-11-7-8-12-17(16)22-21(25)29-14(3)18(26)23-24-19(27)15-9-5-4-6-10-15/h4-14H,1-3H3,(H,23,26)(H,24,27)/t14-/m1/s1. The number of nitrogens with zero attached hydrogens (tertiary/aromatic N) is 2. The Morgan fingerprint density at radius 3 is 2.31 bits per heavy atom. The number of carbonyl (C=O) groups excluding carboxylic acids is 2. The molecule has 3 aromatic rings. The molecular formula is C21H22N4O3S. The van der Waals surface area contributed by atoms with Gasteiger partial charge in [0.05, 0.1) is 16.2 Å². The number of thioether (sulfide) groups is 1. The Morgan fingerprint density at radius 2 is 1.62 bits per heavy atom. The van der Waals surface area contributed by atoms with Crippen molar-refractivity contribution in [3.05, 3.63) is 70.5 Å². The molecule has 1 aromatic heterocycles. The molecule has 0 aliphatic rings. The molecule has 0 fully saturated rings. The van der Waals surface area contributed by atoms with Gasteiger partial charge >= 0.3 is 0 Å². The lowest BCUT2D eigenvalue weighted by atomic mass is 10.2. The Balaban J connectivity index is 1.76. The average molecular weight is 410 g/mol. The Bertz CT molecular complexity index is 1100. The molecule has 0 saturated heterocycles. The molecule has 150 valence electrons. The van der Waals surface area contributed by atoms with Crippen LogP contribution >= 0.6 is 11.8 Å². The average Bonchev–Trinajstić information content (AvgIpc) is 2.72. The second-order valence-electron chi connectivity index (χ2n) is 6.75. The van der Waals surface area contributed by atoms with Crippen LogP contribution in [0.25, 0.3) is 10.9 Å². The summed E-state index contributed by atoms with van der Waals surface area (Å²) in [5.41, 5.74) is 5.72. The van der Waals surface area contributed by atoms with Crippen LogP contribution in [0, 0.1) is 0 Å². The number of rotatable bonds is 5. The van der Waals surface area contributed by atoms with Crippen LogP contribution in [0.4, 0.5) is 0 Å². The normalized spacial score (nSPS) is 12.0. The molecule has 0 bridgehead atoms. The van der Waals surface area contributed by atoms with E-state index in [2.05, 4.69) is 15.8 Å². The molecule has 29 heavy (non-hydrogen) atoms. The number of para-hydroxylation sites is 1. The maximum absolute atomic E-state index is 12.9. The van der Waals surface area contributed by atoms with Crippen LogP contribution in [0.1, 0.15) is 37.2 Å². The van der Waals surface area contributed by atoms with Crippen molar-refractivity contribution in [3.8, 4) is 0 Å². The molecule has 0 unspecified atom stereocenters. The first-order valence-corrected chi connectivity index (χ1v) is 10.1. The third kappa shape index (κ3) is 4.65. The van der Waals surface area contributed by atoms with E-state index in [4.69, 9.17) is 0 Å². The lowest BCUT2D eigenvalue weighted by Crippen LogP contribution is -2.45. The number of hydrogen-bond acceptors (Lipinski definition) is 5. The maximum atomic E-state index is 12.9. The summed E-state index contributed by atoms with van der Waals surface area (Å²) >= 11 is 1.17. The van der Waals surface area contributed by atoms with Crippen molar-refractivity contribution in [1.82, 2.24) is 20.4 Å². The predicted octanol–water partition coefficient (Wildman–Crippen LogP) is 2.92. The van der Waals surface area contributed by atoms with Gasteiger partial charge in [-0.15, -0.1) is 0 Å². The molecule has 0 aliphatic heterocycles. The largest absolute Gasteiger partial charge is 0.285 e. The summed E-state index contributed by atoms with van der Waals surface area (Å²) in [6, 6.07) is 15.6. The minimum absolute atomic E-state index is 0.116. The van der Waals surface area contributed by atoms with Crippen LogP contribution in [0.3, 0.4) is 0 Å². The van der Waals surface area contributed by atoms with Gasteiger partial charge in [0.1, 0.15) is 0 Å². The first-order valence-electron chi connectivity index (χ1n) is 9.21. The summed E-state index contributed by atoms with van der Waals surface area (Å²) in [4.78, 5) is 42.0. The molecule has 1 heterocycles. The van der Waals surface area contributed by atoms with Gasteiger partial charge in [-0.2, -0.15) is 0 Å². The van der Waals surface area contributed by atoms with E-state index in [1.807, 2.05) is 19.9 Å². The van der Waals surface area contributed by atoms with Gasteiger partial charge < -0.3 is 0 Å². The monoisotopic (exact) mass is 410 g/mol. The fourth-order valence-electron chi connectivity index (χ4n) is 2.76. The topological polar surface area (TPSA) is 93.1 Å².